The molecule has 0 fully saturated rings. The van der Waals surface area contributed by atoms with Crippen LogP contribution in [0.4, 0.5) is 5.69 Å². The van der Waals surface area contributed by atoms with E-state index in [0.717, 1.165) is 0 Å². The van der Waals surface area contributed by atoms with Crippen LogP contribution in [0.2, 0.25) is 0 Å². The molecule has 2 heteroatoms. The molecular formula is C26H25NSi. The second-order valence-corrected chi connectivity index (χ2v) is 10.7. The van der Waals surface area contributed by atoms with Gasteiger partial charge >= 0.3 is 0 Å². The van der Waals surface area contributed by atoms with E-state index in [9.17, 15) is 0 Å². The maximum absolute atomic E-state index is 4.12. The zero-order valence-electron chi connectivity index (χ0n) is 16.4. The third-order valence-corrected chi connectivity index (χ3v) is 9.64. The number of hydrogen-bond donors (Lipinski definition) is 1. The van der Waals surface area contributed by atoms with Gasteiger partial charge in [-0.15, -0.1) is 0 Å². The molecule has 4 aromatic carbocycles. The SMILES string of the molecule is Cc1cccc(C)c1N[Si](c1ccccc1)(c1ccccc1)c1ccccc1. The van der Waals surface area contributed by atoms with Crippen molar-refractivity contribution < 1.29 is 0 Å². The zero-order valence-corrected chi connectivity index (χ0v) is 17.4. The van der Waals surface area contributed by atoms with Gasteiger partial charge in [0.15, 0.2) is 0 Å². The highest BCUT2D eigenvalue weighted by molar-refractivity contribution is 7.13. The lowest BCUT2D eigenvalue weighted by Gasteiger charge is -2.36. The lowest BCUT2D eigenvalue weighted by Crippen LogP contribution is -2.72. The van der Waals surface area contributed by atoms with Crippen molar-refractivity contribution in [2.24, 2.45) is 0 Å². The Kier molecular flexibility index (Phi) is 5.14. The summed E-state index contributed by atoms with van der Waals surface area (Å²) in [6, 6.07) is 39.3. The molecule has 138 valence electrons. The molecule has 0 saturated carbocycles. The van der Waals surface area contributed by atoms with Gasteiger partial charge in [-0.2, -0.15) is 0 Å². The molecule has 4 aromatic rings. The van der Waals surface area contributed by atoms with Crippen molar-refractivity contribution in [3.8, 4) is 0 Å². The largest absolute Gasteiger partial charge is 0.400 e. The summed E-state index contributed by atoms with van der Waals surface area (Å²) < 4.78 is 0. The summed E-state index contributed by atoms with van der Waals surface area (Å²) >= 11 is 0. The molecule has 0 spiro atoms. The number of benzene rings is 4. The van der Waals surface area contributed by atoms with Crippen LogP contribution in [-0.4, -0.2) is 8.24 Å². The summed E-state index contributed by atoms with van der Waals surface area (Å²) in [5, 5.41) is 4.07. The Morgan fingerprint density at radius 1 is 0.464 bits per heavy atom. The van der Waals surface area contributed by atoms with Gasteiger partial charge in [0.05, 0.1) is 0 Å². The van der Waals surface area contributed by atoms with Gasteiger partial charge in [0.1, 0.15) is 0 Å². The van der Waals surface area contributed by atoms with Gasteiger partial charge in [-0.25, -0.2) is 0 Å². The Bertz CT molecular complexity index is 927. The normalized spacial score (nSPS) is 11.2. The van der Waals surface area contributed by atoms with E-state index in [2.05, 4.69) is 128 Å². The van der Waals surface area contributed by atoms with E-state index in [-0.39, 0.29) is 0 Å². The zero-order chi connectivity index (χ0) is 19.4. The van der Waals surface area contributed by atoms with E-state index < -0.39 is 8.24 Å². The number of aryl methyl sites for hydroxylation is 2. The smallest absolute Gasteiger partial charge is 0.250 e. The molecule has 0 radical (unpaired) electrons. The predicted octanol–water partition coefficient (Wildman–Crippen LogP) is 4.38. The average molecular weight is 380 g/mol. The minimum absolute atomic E-state index is 1.24. The minimum Gasteiger partial charge on any atom is -0.400 e. The number of rotatable bonds is 5. The second-order valence-electron chi connectivity index (χ2n) is 7.24. The third-order valence-electron chi connectivity index (χ3n) is 5.41. The standard InChI is InChI=1S/C26H25NSi/c1-21-13-12-14-22(2)26(21)27-28(23-15-6-3-7-16-23,24-17-8-4-9-18-24)25-19-10-5-11-20-25/h3-20,27H,1-2H3. The molecule has 0 heterocycles. The van der Waals surface area contributed by atoms with Crippen molar-refractivity contribution in [2.45, 2.75) is 13.8 Å². The van der Waals surface area contributed by atoms with Crippen LogP contribution in [0.25, 0.3) is 0 Å². The minimum atomic E-state index is -2.48. The summed E-state index contributed by atoms with van der Waals surface area (Å²) in [6.45, 7) is 4.38. The fraction of sp³-hybridized carbons (Fsp3) is 0.0769. The number of hydrogen-bond acceptors (Lipinski definition) is 1. The first-order valence-corrected chi connectivity index (χ1v) is 11.7. The van der Waals surface area contributed by atoms with Crippen LogP contribution in [-0.2, 0) is 0 Å². The van der Waals surface area contributed by atoms with Crippen LogP contribution in [0.3, 0.4) is 0 Å². The molecule has 28 heavy (non-hydrogen) atoms. The van der Waals surface area contributed by atoms with Crippen molar-refractivity contribution in [1.82, 2.24) is 0 Å². The maximum atomic E-state index is 4.12. The average Bonchev–Trinajstić information content (AvgIpc) is 2.76. The third kappa shape index (κ3) is 3.28. The number of nitrogens with one attached hydrogen (secondary N) is 1. The Morgan fingerprint density at radius 3 is 1.18 bits per heavy atom. The van der Waals surface area contributed by atoms with Crippen molar-refractivity contribution in [1.29, 1.82) is 0 Å². The summed E-state index contributed by atoms with van der Waals surface area (Å²) in [6.07, 6.45) is 0. The van der Waals surface area contributed by atoms with Crippen LogP contribution in [0.5, 0.6) is 0 Å². The molecule has 0 bridgehead atoms. The highest BCUT2D eigenvalue weighted by Crippen LogP contribution is 2.23. The van der Waals surface area contributed by atoms with Crippen molar-refractivity contribution in [3.05, 3.63) is 120 Å². The van der Waals surface area contributed by atoms with E-state index in [1.807, 2.05) is 0 Å². The Labute approximate surface area is 168 Å². The highest BCUT2D eigenvalue weighted by Gasteiger charge is 2.40. The van der Waals surface area contributed by atoms with Crippen LogP contribution in [0.15, 0.2) is 109 Å². The quantitative estimate of drug-likeness (QED) is 0.401. The molecule has 0 aliphatic carbocycles. The Hall–Kier alpha value is -3.10. The molecule has 0 amide bonds. The fourth-order valence-corrected chi connectivity index (χ4v) is 8.26. The van der Waals surface area contributed by atoms with Gasteiger partial charge in [0.2, 0.25) is 0 Å². The van der Waals surface area contributed by atoms with Gasteiger partial charge in [-0.05, 0) is 40.5 Å². The van der Waals surface area contributed by atoms with Gasteiger partial charge in [-0.3, -0.25) is 0 Å². The molecule has 0 saturated heterocycles. The van der Waals surface area contributed by atoms with Crippen LogP contribution < -0.4 is 20.5 Å². The van der Waals surface area contributed by atoms with Crippen molar-refractivity contribution in [2.75, 3.05) is 4.98 Å². The summed E-state index contributed by atoms with van der Waals surface area (Å²) in [7, 11) is -2.48. The summed E-state index contributed by atoms with van der Waals surface area (Å²) in [5.41, 5.74) is 3.80. The Morgan fingerprint density at radius 2 is 0.821 bits per heavy atom. The highest BCUT2D eigenvalue weighted by atomic mass is 28.3. The van der Waals surface area contributed by atoms with E-state index in [0.29, 0.717) is 0 Å². The number of para-hydroxylation sites is 1. The van der Waals surface area contributed by atoms with Gasteiger partial charge in [0.25, 0.3) is 8.24 Å². The Balaban J connectivity index is 2.04. The van der Waals surface area contributed by atoms with Crippen molar-refractivity contribution >= 4 is 29.5 Å². The van der Waals surface area contributed by atoms with E-state index in [1.165, 1.54) is 32.4 Å². The summed E-state index contributed by atoms with van der Waals surface area (Å²) in [4.78, 5) is 4.12. The molecule has 1 nitrogen and oxygen atoms in total. The molecule has 0 unspecified atom stereocenters. The van der Waals surface area contributed by atoms with Crippen LogP contribution in [0, 0.1) is 13.8 Å². The molecular weight excluding hydrogens is 354 g/mol. The second kappa shape index (κ2) is 7.87. The molecule has 0 atom stereocenters. The fourth-order valence-electron chi connectivity index (χ4n) is 3.98. The number of anilines is 1. The van der Waals surface area contributed by atoms with E-state index in [1.54, 1.807) is 0 Å². The molecule has 0 aliphatic heterocycles. The van der Waals surface area contributed by atoms with E-state index >= 15 is 0 Å². The molecule has 4 rings (SSSR count). The predicted molar refractivity (Wildman–Crippen MR) is 124 cm³/mol. The topological polar surface area (TPSA) is 12.0 Å². The molecule has 0 aliphatic rings. The first-order chi connectivity index (χ1) is 13.7. The van der Waals surface area contributed by atoms with Crippen LogP contribution in [0.1, 0.15) is 11.1 Å². The lowest BCUT2D eigenvalue weighted by atomic mass is 10.1. The monoisotopic (exact) mass is 379 g/mol. The first kappa shape index (κ1) is 18.3. The van der Waals surface area contributed by atoms with Gasteiger partial charge in [0, 0.05) is 5.69 Å². The maximum Gasteiger partial charge on any atom is 0.250 e. The van der Waals surface area contributed by atoms with E-state index in [4.69, 9.17) is 0 Å². The lowest BCUT2D eigenvalue weighted by molar-refractivity contribution is 1.38. The van der Waals surface area contributed by atoms with Gasteiger partial charge < -0.3 is 4.98 Å². The van der Waals surface area contributed by atoms with Crippen molar-refractivity contribution in [3.63, 3.8) is 0 Å². The molecule has 1 N–H and O–H groups in total. The van der Waals surface area contributed by atoms with Gasteiger partial charge in [-0.1, -0.05) is 109 Å². The first-order valence-electron chi connectivity index (χ1n) is 9.73. The summed E-state index contributed by atoms with van der Waals surface area (Å²) in [5.74, 6) is 0. The molecule has 0 aromatic heterocycles. The van der Waals surface area contributed by atoms with Crippen LogP contribution >= 0.6 is 0 Å².